The van der Waals surface area contributed by atoms with E-state index in [-0.39, 0.29) is 23.9 Å². The van der Waals surface area contributed by atoms with Crippen LogP contribution >= 0.6 is 0 Å². The normalized spacial score (nSPS) is 21.4. The Hall–Kier alpha value is -3.69. The van der Waals surface area contributed by atoms with E-state index in [1.807, 2.05) is 4.90 Å². The molecule has 0 radical (unpaired) electrons. The van der Waals surface area contributed by atoms with Crippen LogP contribution in [0.2, 0.25) is 0 Å². The van der Waals surface area contributed by atoms with E-state index in [0.717, 1.165) is 23.8 Å². The average Bonchev–Trinajstić information content (AvgIpc) is 3.55. The van der Waals surface area contributed by atoms with E-state index in [1.54, 1.807) is 23.0 Å². The van der Waals surface area contributed by atoms with Crippen LogP contribution in [0.1, 0.15) is 43.2 Å². The molecule has 196 valence electrons. The lowest BCUT2D eigenvalue weighted by Crippen LogP contribution is -2.42. The van der Waals surface area contributed by atoms with Gasteiger partial charge in [0.2, 0.25) is 15.9 Å². The maximum atomic E-state index is 13.0. The van der Waals surface area contributed by atoms with Crippen LogP contribution in [0, 0.1) is 17.2 Å². The van der Waals surface area contributed by atoms with Gasteiger partial charge in [-0.05, 0) is 38.2 Å². The highest BCUT2D eigenvalue weighted by Gasteiger charge is 2.35. The molecule has 12 heteroatoms. The number of hydrogen-bond acceptors (Lipinski definition) is 8. The predicted molar refractivity (Wildman–Crippen MR) is 140 cm³/mol. The third-order valence-electron chi connectivity index (χ3n) is 6.96. The minimum atomic E-state index is -3.50. The van der Waals surface area contributed by atoms with E-state index in [9.17, 15) is 18.5 Å². The molecule has 1 aliphatic carbocycles. The topological polar surface area (TPSA) is 155 Å². The van der Waals surface area contributed by atoms with Crippen molar-refractivity contribution in [3.63, 3.8) is 0 Å². The summed E-state index contributed by atoms with van der Waals surface area (Å²) >= 11 is 0. The second-order valence-electron chi connectivity index (χ2n) is 9.25. The van der Waals surface area contributed by atoms with Crippen molar-refractivity contribution >= 4 is 33.2 Å². The number of carbonyl (C=O) groups is 1. The van der Waals surface area contributed by atoms with Crippen molar-refractivity contribution in [3.8, 4) is 11.8 Å². The summed E-state index contributed by atoms with van der Waals surface area (Å²) in [5.41, 5.74) is 8.34. The number of amides is 1. The van der Waals surface area contributed by atoms with Gasteiger partial charge in [0, 0.05) is 60.2 Å². The Morgan fingerprint density at radius 3 is 2.76 bits per heavy atom. The molecule has 3 N–H and O–H groups in total. The van der Waals surface area contributed by atoms with Gasteiger partial charge in [-0.3, -0.25) is 9.79 Å². The number of rotatable bonds is 8. The summed E-state index contributed by atoms with van der Waals surface area (Å²) in [5.74, 6) is 0.428. The summed E-state index contributed by atoms with van der Waals surface area (Å²) in [5, 5.41) is 14.4. The number of ether oxygens (including phenoxy) is 1. The Balaban J connectivity index is 1.35. The lowest BCUT2D eigenvalue weighted by Gasteiger charge is -2.32. The summed E-state index contributed by atoms with van der Waals surface area (Å²) < 4.78 is 33.1. The number of nitrogens with zero attached hydrogens (tertiary/aromatic N) is 5. The number of nitrogens with two attached hydrogens (primary N) is 1. The summed E-state index contributed by atoms with van der Waals surface area (Å²) in [6.07, 6.45) is 9.74. The number of carbonyl (C=O) groups excluding carboxylic acids is 1. The first-order chi connectivity index (χ1) is 17.8. The number of piperidine rings is 1. The SMILES string of the molecule is C=CS(=O)(=O)N[C@@H]1CC[C@H](C(=O)N2CCC(N=C/C(=C\N)c3cc(OC)c4c(C#N)cnn4c3)CC2)C1. The molecule has 0 spiro atoms. The number of aliphatic imine (C=N–C) groups is 1. The Morgan fingerprint density at radius 2 is 2.11 bits per heavy atom. The zero-order valence-corrected chi connectivity index (χ0v) is 21.5. The Kier molecular flexibility index (Phi) is 7.94. The minimum absolute atomic E-state index is 0.0512. The number of sulfonamides is 1. The molecule has 1 saturated heterocycles. The van der Waals surface area contributed by atoms with Crippen LogP contribution in [0.4, 0.5) is 0 Å². The van der Waals surface area contributed by atoms with Crippen LogP contribution in [-0.2, 0) is 14.8 Å². The lowest BCUT2D eigenvalue weighted by molar-refractivity contribution is -0.136. The van der Waals surface area contributed by atoms with Gasteiger partial charge in [-0.15, -0.1) is 0 Å². The van der Waals surface area contributed by atoms with Crippen LogP contribution in [0.3, 0.4) is 0 Å². The van der Waals surface area contributed by atoms with E-state index >= 15 is 0 Å². The zero-order chi connectivity index (χ0) is 26.6. The molecule has 2 fully saturated rings. The first kappa shape index (κ1) is 26.4. The molecule has 0 aromatic carbocycles. The number of aromatic nitrogens is 2. The molecule has 2 atom stereocenters. The number of hydrogen-bond donors (Lipinski definition) is 2. The molecule has 0 unspecified atom stereocenters. The molecule has 37 heavy (non-hydrogen) atoms. The lowest BCUT2D eigenvalue weighted by atomic mass is 10.0. The molecule has 2 aromatic rings. The average molecular weight is 526 g/mol. The van der Waals surface area contributed by atoms with E-state index in [2.05, 4.69) is 22.5 Å². The number of nitriles is 1. The molecule has 11 nitrogen and oxygen atoms in total. The smallest absolute Gasteiger partial charge is 0.233 e. The molecule has 1 aliphatic heterocycles. The number of methoxy groups -OCH3 is 1. The largest absolute Gasteiger partial charge is 0.494 e. The molecule has 4 rings (SSSR count). The van der Waals surface area contributed by atoms with Gasteiger partial charge in [0.05, 0.1) is 19.3 Å². The van der Waals surface area contributed by atoms with Crippen LogP contribution in [-0.4, -0.2) is 67.3 Å². The van der Waals surface area contributed by atoms with Crippen molar-refractivity contribution < 1.29 is 17.9 Å². The van der Waals surface area contributed by atoms with Crippen LogP contribution in [0.25, 0.3) is 11.1 Å². The van der Waals surface area contributed by atoms with Crippen LogP contribution in [0.5, 0.6) is 5.75 Å². The van der Waals surface area contributed by atoms with E-state index in [1.165, 1.54) is 19.5 Å². The van der Waals surface area contributed by atoms with E-state index in [0.29, 0.717) is 54.8 Å². The number of likely N-dealkylation sites (tertiary alicyclic amines) is 1. The van der Waals surface area contributed by atoms with Crippen LogP contribution in [0.15, 0.2) is 41.6 Å². The molecule has 1 saturated carbocycles. The van der Waals surface area contributed by atoms with Crippen molar-refractivity contribution in [1.29, 1.82) is 5.26 Å². The molecule has 0 bridgehead atoms. The summed E-state index contributed by atoms with van der Waals surface area (Å²) in [6.45, 7) is 4.52. The third-order valence-corrected chi connectivity index (χ3v) is 8.06. The van der Waals surface area contributed by atoms with E-state index < -0.39 is 10.0 Å². The number of pyridine rings is 1. The highest BCUT2D eigenvalue weighted by molar-refractivity contribution is 7.92. The van der Waals surface area contributed by atoms with E-state index in [4.69, 9.17) is 15.5 Å². The van der Waals surface area contributed by atoms with Crippen molar-refractivity contribution in [2.75, 3.05) is 20.2 Å². The first-order valence-corrected chi connectivity index (χ1v) is 13.7. The van der Waals surface area contributed by atoms with Gasteiger partial charge in [0.25, 0.3) is 0 Å². The van der Waals surface area contributed by atoms with Gasteiger partial charge >= 0.3 is 0 Å². The molecule has 2 aromatic heterocycles. The van der Waals surface area contributed by atoms with Gasteiger partial charge in [-0.1, -0.05) is 6.58 Å². The maximum absolute atomic E-state index is 13.0. The highest BCUT2D eigenvalue weighted by atomic mass is 32.2. The summed E-state index contributed by atoms with van der Waals surface area (Å²) in [7, 11) is -1.96. The zero-order valence-electron chi connectivity index (χ0n) is 20.7. The standard InChI is InChI=1S/C25H31N7O4S/c1-3-37(34,35)30-22-5-4-17(10-22)25(33)31-8-6-21(7-9-31)28-14-19(12-26)18-11-23(36-2)24-20(13-27)15-29-32(24)16-18/h3,11-12,14-17,21-22,30H,1,4-10,26H2,2H3/b19-12+,28-14?/t17-,22+/m0/s1. The molecule has 3 heterocycles. The van der Waals surface area contributed by atoms with Crippen molar-refractivity contribution in [1.82, 2.24) is 19.2 Å². The second-order valence-corrected chi connectivity index (χ2v) is 10.9. The molecular weight excluding hydrogens is 494 g/mol. The van der Waals surface area contributed by atoms with Crippen molar-refractivity contribution in [2.45, 2.75) is 44.2 Å². The summed E-state index contributed by atoms with van der Waals surface area (Å²) in [6, 6.07) is 3.73. The van der Waals surface area contributed by atoms with Crippen molar-refractivity contribution in [3.05, 3.63) is 47.8 Å². The van der Waals surface area contributed by atoms with Crippen LogP contribution < -0.4 is 15.2 Å². The number of allylic oxidation sites excluding steroid dienone is 1. The van der Waals surface area contributed by atoms with Gasteiger partial charge in [-0.25, -0.2) is 17.7 Å². The van der Waals surface area contributed by atoms with Gasteiger partial charge in [-0.2, -0.15) is 10.4 Å². The first-order valence-electron chi connectivity index (χ1n) is 12.1. The predicted octanol–water partition coefficient (Wildman–Crippen LogP) is 1.81. The van der Waals surface area contributed by atoms with Gasteiger partial charge in [0.15, 0.2) is 0 Å². The van der Waals surface area contributed by atoms with Gasteiger partial charge < -0.3 is 15.4 Å². The van der Waals surface area contributed by atoms with Crippen molar-refractivity contribution in [2.24, 2.45) is 16.6 Å². The number of fused-ring (bicyclic) bond motifs is 1. The monoisotopic (exact) mass is 525 g/mol. The third kappa shape index (κ3) is 5.84. The van der Waals surface area contributed by atoms with Gasteiger partial charge in [0.1, 0.15) is 22.9 Å². The second kappa shape index (κ2) is 11.1. The number of nitrogens with one attached hydrogen (secondary N) is 1. The quantitative estimate of drug-likeness (QED) is 0.498. The Bertz CT molecular complexity index is 1380. The molecule has 2 aliphatic rings. The maximum Gasteiger partial charge on any atom is 0.233 e. The minimum Gasteiger partial charge on any atom is -0.494 e. The fourth-order valence-corrected chi connectivity index (χ4v) is 5.74. The highest BCUT2D eigenvalue weighted by Crippen LogP contribution is 2.30. The fourth-order valence-electron chi connectivity index (χ4n) is 4.97. The molecular formula is C25H31N7O4S. The Morgan fingerprint density at radius 1 is 1.35 bits per heavy atom. The fraction of sp³-hybridized carbons (Fsp3) is 0.440. The Labute approximate surface area is 216 Å². The molecule has 1 amide bonds. The summed E-state index contributed by atoms with van der Waals surface area (Å²) in [4.78, 5) is 19.6.